The Morgan fingerprint density at radius 2 is 1.62 bits per heavy atom. The standard InChI is InChI=1S/C20H15F4N3O2/c21-15-5-7-16(8-6-15)27-18(28)10-9-17(26-27)19(29)25-12-11-13-1-3-14(4-2-13)20(22,23)24/h1-10H,11-12H2,(H,25,29). The molecular weight excluding hydrogens is 390 g/mol. The largest absolute Gasteiger partial charge is 0.416 e. The van der Waals surface area contributed by atoms with Crippen molar-refractivity contribution in [3.63, 3.8) is 0 Å². The summed E-state index contributed by atoms with van der Waals surface area (Å²) in [5, 5.41) is 6.58. The molecule has 0 radical (unpaired) electrons. The summed E-state index contributed by atoms with van der Waals surface area (Å²) < 4.78 is 51.7. The highest BCUT2D eigenvalue weighted by Gasteiger charge is 2.29. The molecule has 29 heavy (non-hydrogen) atoms. The van der Waals surface area contributed by atoms with Gasteiger partial charge >= 0.3 is 6.18 Å². The Hall–Kier alpha value is -3.49. The summed E-state index contributed by atoms with van der Waals surface area (Å²) in [5.74, 6) is -1.02. The molecule has 0 fully saturated rings. The number of halogens is 4. The lowest BCUT2D eigenvalue weighted by Gasteiger charge is -2.09. The maximum absolute atomic E-state index is 13.0. The number of hydrogen-bond acceptors (Lipinski definition) is 3. The van der Waals surface area contributed by atoms with Crippen LogP contribution >= 0.6 is 0 Å². The molecule has 0 bridgehead atoms. The van der Waals surface area contributed by atoms with Crippen LogP contribution in [0.25, 0.3) is 5.69 Å². The summed E-state index contributed by atoms with van der Waals surface area (Å²) >= 11 is 0. The van der Waals surface area contributed by atoms with Crippen molar-refractivity contribution in [2.24, 2.45) is 0 Å². The molecule has 1 aromatic heterocycles. The second-order valence-corrected chi connectivity index (χ2v) is 6.15. The lowest BCUT2D eigenvalue weighted by Crippen LogP contribution is -2.30. The molecule has 5 nitrogen and oxygen atoms in total. The summed E-state index contributed by atoms with van der Waals surface area (Å²) in [6, 6.07) is 12.1. The first-order chi connectivity index (χ1) is 13.7. The van der Waals surface area contributed by atoms with E-state index < -0.39 is 29.0 Å². The van der Waals surface area contributed by atoms with E-state index in [0.29, 0.717) is 17.7 Å². The van der Waals surface area contributed by atoms with Gasteiger partial charge < -0.3 is 5.32 Å². The number of aromatic nitrogens is 2. The van der Waals surface area contributed by atoms with Gasteiger partial charge in [0.1, 0.15) is 11.5 Å². The minimum absolute atomic E-state index is 0.0265. The van der Waals surface area contributed by atoms with Gasteiger partial charge in [-0.2, -0.15) is 23.0 Å². The lowest BCUT2D eigenvalue weighted by molar-refractivity contribution is -0.137. The predicted molar refractivity (Wildman–Crippen MR) is 97.3 cm³/mol. The molecule has 1 heterocycles. The number of nitrogens with zero attached hydrogens (tertiary/aromatic N) is 2. The third kappa shape index (κ3) is 5.07. The molecule has 0 saturated heterocycles. The van der Waals surface area contributed by atoms with Gasteiger partial charge in [-0.1, -0.05) is 12.1 Å². The monoisotopic (exact) mass is 405 g/mol. The van der Waals surface area contributed by atoms with Gasteiger partial charge in [-0.05, 0) is 54.4 Å². The van der Waals surface area contributed by atoms with Crippen molar-refractivity contribution in [1.82, 2.24) is 15.1 Å². The first-order valence-corrected chi connectivity index (χ1v) is 8.55. The van der Waals surface area contributed by atoms with Gasteiger partial charge in [0.2, 0.25) is 0 Å². The lowest BCUT2D eigenvalue weighted by atomic mass is 10.1. The zero-order valence-electron chi connectivity index (χ0n) is 14.9. The minimum atomic E-state index is -4.40. The first kappa shape index (κ1) is 20.2. The molecule has 0 aliphatic rings. The normalized spacial score (nSPS) is 11.3. The topological polar surface area (TPSA) is 64.0 Å². The molecule has 0 unspecified atom stereocenters. The number of amides is 1. The highest BCUT2D eigenvalue weighted by atomic mass is 19.4. The van der Waals surface area contributed by atoms with Crippen LogP contribution in [-0.2, 0) is 12.6 Å². The number of hydrogen-bond donors (Lipinski definition) is 1. The van der Waals surface area contributed by atoms with Crippen molar-refractivity contribution < 1.29 is 22.4 Å². The fraction of sp³-hybridized carbons (Fsp3) is 0.150. The molecular formula is C20H15F4N3O2. The van der Waals surface area contributed by atoms with Gasteiger partial charge in [-0.3, -0.25) is 9.59 Å². The van der Waals surface area contributed by atoms with Crippen molar-refractivity contribution in [3.8, 4) is 5.69 Å². The second kappa shape index (κ2) is 8.26. The van der Waals surface area contributed by atoms with E-state index in [1.165, 1.54) is 48.5 Å². The Bertz CT molecular complexity index is 1060. The third-order valence-electron chi connectivity index (χ3n) is 4.08. The zero-order chi connectivity index (χ0) is 21.0. The molecule has 0 aliphatic heterocycles. The molecule has 1 N–H and O–H groups in total. The number of rotatable bonds is 5. The van der Waals surface area contributed by atoms with Crippen LogP contribution in [0.15, 0.2) is 65.5 Å². The van der Waals surface area contributed by atoms with Crippen molar-refractivity contribution in [2.45, 2.75) is 12.6 Å². The smallest absolute Gasteiger partial charge is 0.350 e. The summed E-state index contributed by atoms with van der Waals surface area (Å²) in [4.78, 5) is 24.2. The maximum atomic E-state index is 13.0. The van der Waals surface area contributed by atoms with E-state index >= 15 is 0 Å². The molecule has 9 heteroatoms. The van der Waals surface area contributed by atoms with Crippen LogP contribution in [0, 0.1) is 5.82 Å². The number of nitrogens with one attached hydrogen (secondary N) is 1. The van der Waals surface area contributed by atoms with E-state index in [2.05, 4.69) is 10.4 Å². The zero-order valence-corrected chi connectivity index (χ0v) is 14.9. The molecule has 0 aliphatic carbocycles. The van der Waals surface area contributed by atoms with E-state index in [1.807, 2.05) is 0 Å². The van der Waals surface area contributed by atoms with E-state index in [9.17, 15) is 27.2 Å². The summed E-state index contributed by atoms with van der Waals surface area (Å²) in [7, 11) is 0. The van der Waals surface area contributed by atoms with Crippen LogP contribution in [0.3, 0.4) is 0 Å². The average Bonchev–Trinajstić information content (AvgIpc) is 2.69. The quantitative estimate of drug-likeness (QED) is 0.662. The van der Waals surface area contributed by atoms with Gasteiger partial charge in [0, 0.05) is 12.6 Å². The van der Waals surface area contributed by atoms with E-state index in [4.69, 9.17) is 0 Å². The van der Waals surface area contributed by atoms with Gasteiger partial charge in [0.05, 0.1) is 11.3 Å². The SMILES string of the molecule is O=C(NCCc1ccc(C(F)(F)F)cc1)c1ccc(=O)n(-c2ccc(F)cc2)n1. The van der Waals surface area contributed by atoms with Gasteiger partial charge in [0.25, 0.3) is 11.5 Å². The second-order valence-electron chi connectivity index (χ2n) is 6.15. The number of benzene rings is 2. The van der Waals surface area contributed by atoms with Crippen molar-refractivity contribution in [2.75, 3.05) is 6.54 Å². The molecule has 3 rings (SSSR count). The average molecular weight is 405 g/mol. The van der Waals surface area contributed by atoms with Crippen molar-refractivity contribution >= 4 is 5.91 Å². The maximum Gasteiger partial charge on any atom is 0.416 e. The van der Waals surface area contributed by atoms with Crippen LogP contribution in [0.1, 0.15) is 21.6 Å². The fourth-order valence-corrected chi connectivity index (χ4v) is 2.57. The van der Waals surface area contributed by atoms with Crippen LogP contribution in [0.4, 0.5) is 17.6 Å². The Balaban J connectivity index is 1.64. The highest BCUT2D eigenvalue weighted by molar-refractivity contribution is 5.92. The minimum Gasteiger partial charge on any atom is -0.350 e. The Kier molecular flexibility index (Phi) is 5.76. The van der Waals surface area contributed by atoms with Crippen LogP contribution in [0.5, 0.6) is 0 Å². The number of carbonyl (C=O) groups excluding carboxylic acids is 1. The molecule has 1 amide bonds. The van der Waals surface area contributed by atoms with Crippen LogP contribution in [-0.4, -0.2) is 22.2 Å². The Morgan fingerprint density at radius 1 is 0.966 bits per heavy atom. The third-order valence-corrected chi connectivity index (χ3v) is 4.08. The Labute approximate surface area is 162 Å². The van der Waals surface area contributed by atoms with Crippen molar-refractivity contribution in [1.29, 1.82) is 0 Å². The van der Waals surface area contributed by atoms with E-state index in [0.717, 1.165) is 16.8 Å². The number of alkyl halides is 3. The molecule has 2 aromatic carbocycles. The van der Waals surface area contributed by atoms with Crippen LogP contribution in [0.2, 0.25) is 0 Å². The molecule has 0 spiro atoms. The number of carbonyl (C=O) groups is 1. The molecule has 0 saturated carbocycles. The van der Waals surface area contributed by atoms with Crippen LogP contribution < -0.4 is 10.9 Å². The van der Waals surface area contributed by atoms with E-state index in [1.54, 1.807) is 0 Å². The first-order valence-electron chi connectivity index (χ1n) is 8.55. The predicted octanol–water partition coefficient (Wildman–Crippen LogP) is 3.36. The summed E-state index contributed by atoms with van der Waals surface area (Å²) in [5.41, 5.74) is -0.324. The molecule has 3 aromatic rings. The van der Waals surface area contributed by atoms with Gasteiger partial charge in [0.15, 0.2) is 0 Å². The molecule has 150 valence electrons. The molecule has 0 atom stereocenters. The van der Waals surface area contributed by atoms with Crippen molar-refractivity contribution in [3.05, 3.63) is 93.7 Å². The summed E-state index contributed by atoms with van der Waals surface area (Å²) in [6.07, 6.45) is -4.08. The Morgan fingerprint density at radius 3 is 2.24 bits per heavy atom. The van der Waals surface area contributed by atoms with Gasteiger partial charge in [-0.15, -0.1) is 0 Å². The van der Waals surface area contributed by atoms with Gasteiger partial charge in [-0.25, -0.2) is 4.39 Å². The highest BCUT2D eigenvalue weighted by Crippen LogP contribution is 2.29. The fourth-order valence-electron chi connectivity index (χ4n) is 2.57. The summed E-state index contributed by atoms with van der Waals surface area (Å²) in [6.45, 7) is 0.168. The van der Waals surface area contributed by atoms with E-state index in [-0.39, 0.29) is 12.2 Å².